The highest BCUT2D eigenvalue weighted by atomic mass is 16.2. The van der Waals surface area contributed by atoms with E-state index >= 15 is 0 Å². The number of nitrogens with one attached hydrogen (secondary N) is 3. The molecule has 1 saturated heterocycles. The quantitative estimate of drug-likeness (QED) is 0.747. The van der Waals surface area contributed by atoms with Crippen LogP contribution in [0.2, 0.25) is 0 Å². The third-order valence-corrected chi connectivity index (χ3v) is 3.46. The van der Waals surface area contributed by atoms with E-state index in [-0.39, 0.29) is 17.7 Å². The fourth-order valence-electron chi connectivity index (χ4n) is 1.95. The first-order valence-corrected chi connectivity index (χ1v) is 6.65. The van der Waals surface area contributed by atoms with Gasteiger partial charge < -0.3 is 16.0 Å². The summed E-state index contributed by atoms with van der Waals surface area (Å²) in [5.74, 6) is -0.00800. The van der Waals surface area contributed by atoms with Gasteiger partial charge in [-0.3, -0.25) is 9.59 Å². The van der Waals surface area contributed by atoms with Gasteiger partial charge in [0.1, 0.15) is 0 Å². The van der Waals surface area contributed by atoms with Crippen LogP contribution in [0.5, 0.6) is 0 Å². The summed E-state index contributed by atoms with van der Waals surface area (Å²) in [7, 11) is 0. The van der Waals surface area contributed by atoms with E-state index in [1.54, 1.807) is 24.3 Å². The zero-order valence-corrected chi connectivity index (χ0v) is 10.6. The zero-order valence-electron chi connectivity index (χ0n) is 10.6. The van der Waals surface area contributed by atoms with Crippen molar-refractivity contribution in [2.45, 2.75) is 18.9 Å². The molecule has 0 bridgehead atoms. The van der Waals surface area contributed by atoms with E-state index in [0.29, 0.717) is 17.3 Å². The Morgan fingerprint density at radius 2 is 2.00 bits per heavy atom. The van der Waals surface area contributed by atoms with E-state index in [1.807, 2.05) is 0 Å². The van der Waals surface area contributed by atoms with Crippen molar-refractivity contribution in [3.8, 4) is 0 Å². The van der Waals surface area contributed by atoms with Gasteiger partial charge in [0.15, 0.2) is 0 Å². The molecule has 0 spiro atoms. The molecule has 1 aromatic carbocycles. The summed E-state index contributed by atoms with van der Waals surface area (Å²) >= 11 is 0. The Hall–Kier alpha value is -1.88. The molecule has 5 nitrogen and oxygen atoms in total. The SMILES string of the molecule is O=C(NC1CC1)c1cccc(NC(=O)C2CNC2)c1. The highest BCUT2D eigenvalue weighted by molar-refractivity contribution is 5.98. The molecule has 0 radical (unpaired) electrons. The predicted octanol–water partition coefficient (Wildman–Crippen LogP) is 0.737. The van der Waals surface area contributed by atoms with Crippen LogP contribution >= 0.6 is 0 Å². The summed E-state index contributed by atoms with van der Waals surface area (Å²) in [5, 5.41) is 8.84. The third-order valence-electron chi connectivity index (χ3n) is 3.46. The van der Waals surface area contributed by atoms with Crippen LogP contribution in [0.4, 0.5) is 5.69 Å². The lowest BCUT2D eigenvalue weighted by atomic mass is 10.0. The molecule has 1 heterocycles. The molecule has 1 aliphatic heterocycles. The van der Waals surface area contributed by atoms with E-state index < -0.39 is 0 Å². The number of carbonyl (C=O) groups is 2. The van der Waals surface area contributed by atoms with E-state index in [9.17, 15) is 9.59 Å². The molecular weight excluding hydrogens is 242 g/mol. The van der Waals surface area contributed by atoms with Crippen LogP contribution in [0.25, 0.3) is 0 Å². The molecule has 19 heavy (non-hydrogen) atoms. The largest absolute Gasteiger partial charge is 0.349 e. The standard InChI is InChI=1S/C14H17N3O2/c18-13(16-11-4-5-11)9-2-1-3-12(6-9)17-14(19)10-7-15-8-10/h1-3,6,10-11,15H,4-5,7-8H2,(H,16,18)(H,17,19). The van der Waals surface area contributed by atoms with Gasteiger partial charge in [-0.25, -0.2) is 0 Å². The lowest BCUT2D eigenvalue weighted by Crippen LogP contribution is -2.48. The highest BCUT2D eigenvalue weighted by Gasteiger charge is 2.25. The average molecular weight is 259 g/mol. The summed E-state index contributed by atoms with van der Waals surface area (Å²) in [5.41, 5.74) is 1.27. The summed E-state index contributed by atoms with van der Waals surface area (Å²) in [4.78, 5) is 23.7. The van der Waals surface area contributed by atoms with Crippen molar-refractivity contribution >= 4 is 17.5 Å². The first-order chi connectivity index (χ1) is 9.22. The summed E-state index contributed by atoms with van der Waals surface area (Å²) < 4.78 is 0. The van der Waals surface area contributed by atoms with Gasteiger partial charge in [0.2, 0.25) is 5.91 Å². The van der Waals surface area contributed by atoms with Crippen LogP contribution in [0.15, 0.2) is 24.3 Å². The van der Waals surface area contributed by atoms with Gasteiger partial charge in [-0.15, -0.1) is 0 Å². The predicted molar refractivity (Wildman–Crippen MR) is 71.9 cm³/mol. The molecule has 3 N–H and O–H groups in total. The maximum absolute atomic E-state index is 11.9. The van der Waals surface area contributed by atoms with Crippen molar-refractivity contribution in [1.29, 1.82) is 0 Å². The maximum Gasteiger partial charge on any atom is 0.251 e. The second kappa shape index (κ2) is 5.01. The molecule has 2 amide bonds. The Labute approximate surface area is 111 Å². The van der Waals surface area contributed by atoms with Gasteiger partial charge in [-0.05, 0) is 31.0 Å². The van der Waals surface area contributed by atoms with Crippen LogP contribution < -0.4 is 16.0 Å². The zero-order chi connectivity index (χ0) is 13.2. The maximum atomic E-state index is 11.9. The van der Waals surface area contributed by atoms with Crippen molar-refractivity contribution in [3.63, 3.8) is 0 Å². The summed E-state index contributed by atoms with van der Waals surface area (Å²) in [6.45, 7) is 1.46. The molecule has 1 aromatic rings. The molecule has 0 unspecified atom stereocenters. The first kappa shape index (κ1) is 12.2. The lowest BCUT2D eigenvalue weighted by molar-refractivity contribution is -0.121. The first-order valence-electron chi connectivity index (χ1n) is 6.65. The monoisotopic (exact) mass is 259 g/mol. The van der Waals surface area contributed by atoms with E-state index in [0.717, 1.165) is 25.9 Å². The van der Waals surface area contributed by atoms with Crippen molar-refractivity contribution in [1.82, 2.24) is 10.6 Å². The average Bonchev–Trinajstić information content (AvgIpc) is 3.10. The van der Waals surface area contributed by atoms with E-state index in [1.165, 1.54) is 0 Å². The third kappa shape index (κ3) is 2.93. The molecule has 3 rings (SSSR count). The second-order valence-electron chi connectivity index (χ2n) is 5.17. The van der Waals surface area contributed by atoms with Crippen LogP contribution in [0, 0.1) is 5.92 Å². The van der Waals surface area contributed by atoms with Gasteiger partial charge in [0, 0.05) is 30.4 Å². The number of benzene rings is 1. The number of carbonyl (C=O) groups excluding carboxylic acids is 2. The minimum atomic E-state index is -0.0658. The molecule has 2 fully saturated rings. The van der Waals surface area contributed by atoms with Crippen LogP contribution in [0.3, 0.4) is 0 Å². The van der Waals surface area contributed by atoms with E-state index in [4.69, 9.17) is 0 Å². The highest BCUT2D eigenvalue weighted by Crippen LogP contribution is 2.20. The normalized spacial score (nSPS) is 18.5. The van der Waals surface area contributed by atoms with Crippen molar-refractivity contribution in [3.05, 3.63) is 29.8 Å². The van der Waals surface area contributed by atoms with Gasteiger partial charge in [0.05, 0.1) is 5.92 Å². The number of anilines is 1. The Kier molecular flexibility index (Phi) is 3.21. The molecule has 0 aromatic heterocycles. The Bertz CT molecular complexity index is 507. The fraction of sp³-hybridized carbons (Fsp3) is 0.429. The number of amides is 2. The van der Waals surface area contributed by atoms with Crippen molar-refractivity contribution in [2.24, 2.45) is 5.92 Å². The van der Waals surface area contributed by atoms with Gasteiger partial charge in [-0.2, -0.15) is 0 Å². The van der Waals surface area contributed by atoms with Gasteiger partial charge in [0.25, 0.3) is 5.91 Å². The topological polar surface area (TPSA) is 70.2 Å². The second-order valence-corrected chi connectivity index (χ2v) is 5.17. The number of hydrogen-bond donors (Lipinski definition) is 3. The molecule has 1 saturated carbocycles. The van der Waals surface area contributed by atoms with Crippen molar-refractivity contribution in [2.75, 3.05) is 18.4 Å². The number of hydrogen-bond acceptors (Lipinski definition) is 3. The Morgan fingerprint density at radius 1 is 1.21 bits per heavy atom. The molecule has 1 aliphatic carbocycles. The minimum absolute atomic E-state index is 0.0125. The number of rotatable bonds is 4. The fourth-order valence-corrected chi connectivity index (χ4v) is 1.95. The smallest absolute Gasteiger partial charge is 0.251 e. The van der Waals surface area contributed by atoms with Gasteiger partial charge >= 0.3 is 0 Å². The molecule has 2 aliphatic rings. The lowest BCUT2D eigenvalue weighted by Gasteiger charge is -2.25. The van der Waals surface area contributed by atoms with Crippen LogP contribution in [-0.2, 0) is 4.79 Å². The van der Waals surface area contributed by atoms with Crippen LogP contribution in [0.1, 0.15) is 23.2 Å². The Balaban J connectivity index is 1.64. The molecular formula is C14H17N3O2. The summed E-state index contributed by atoms with van der Waals surface area (Å²) in [6.07, 6.45) is 2.13. The van der Waals surface area contributed by atoms with E-state index in [2.05, 4.69) is 16.0 Å². The molecule has 0 atom stereocenters. The minimum Gasteiger partial charge on any atom is -0.349 e. The molecule has 5 heteroatoms. The Morgan fingerprint density at radius 3 is 2.63 bits per heavy atom. The van der Waals surface area contributed by atoms with Crippen LogP contribution in [-0.4, -0.2) is 30.9 Å². The van der Waals surface area contributed by atoms with Crippen molar-refractivity contribution < 1.29 is 9.59 Å². The van der Waals surface area contributed by atoms with Gasteiger partial charge in [-0.1, -0.05) is 6.07 Å². The summed E-state index contributed by atoms with van der Waals surface area (Å²) in [6, 6.07) is 7.42. The molecule has 100 valence electrons.